The van der Waals surface area contributed by atoms with Gasteiger partial charge in [-0.15, -0.1) is 0 Å². The van der Waals surface area contributed by atoms with Crippen molar-refractivity contribution in [1.82, 2.24) is 5.32 Å². The Morgan fingerprint density at radius 3 is 2.73 bits per heavy atom. The summed E-state index contributed by atoms with van der Waals surface area (Å²) in [7, 11) is 0. The van der Waals surface area contributed by atoms with E-state index in [1.54, 1.807) is 0 Å². The van der Waals surface area contributed by atoms with E-state index in [1.807, 2.05) is 0 Å². The van der Waals surface area contributed by atoms with Crippen LogP contribution in [0, 0.1) is 5.92 Å². The molecule has 1 N–H and O–H groups in total. The van der Waals surface area contributed by atoms with Crippen LogP contribution in [0.15, 0.2) is 0 Å². The molecule has 2 heteroatoms. The summed E-state index contributed by atoms with van der Waals surface area (Å²) in [6, 6.07) is 0.648. The molecule has 0 spiro atoms. The number of nitrogens with one attached hydrogen (secondary N) is 1. The molecule has 11 heavy (non-hydrogen) atoms. The van der Waals surface area contributed by atoms with Crippen molar-refractivity contribution in [3.05, 3.63) is 0 Å². The minimum atomic E-state index is 0.648. The Balaban J connectivity index is 1.92. The molecule has 0 radical (unpaired) electrons. The average Bonchev–Trinajstić information content (AvgIpc) is 1.85. The van der Waals surface area contributed by atoms with Crippen LogP contribution < -0.4 is 5.32 Å². The second kappa shape index (κ2) is 4.73. The molecule has 0 aliphatic carbocycles. The largest absolute Gasteiger partial charge is 0.378 e. The first kappa shape index (κ1) is 9.01. The van der Waals surface area contributed by atoms with Crippen molar-refractivity contribution < 1.29 is 4.74 Å². The molecule has 1 atom stereocenters. The molecule has 0 aromatic carbocycles. The topological polar surface area (TPSA) is 21.3 Å². The fourth-order valence-corrected chi connectivity index (χ4v) is 1.32. The smallest absolute Gasteiger partial charge is 0.0643 e. The zero-order chi connectivity index (χ0) is 8.10. The molecule has 1 fully saturated rings. The van der Waals surface area contributed by atoms with E-state index in [1.165, 1.54) is 12.8 Å². The van der Waals surface area contributed by atoms with Gasteiger partial charge in [-0.2, -0.15) is 0 Å². The molecule has 66 valence electrons. The molecular formula is C9H19NO. The summed E-state index contributed by atoms with van der Waals surface area (Å²) < 4.78 is 5.06. The first-order chi connectivity index (χ1) is 5.33. The number of ether oxygens (including phenoxy) is 1. The third kappa shape index (κ3) is 3.21. The molecule has 0 bridgehead atoms. The SMILES string of the molecule is CCCC(C)CNC1COC1. The lowest BCUT2D eigenvalue weighted by atomic mass is 10.1. The predicted molar refractivity (Wildman–Crippen MR) is 46.7 cm³/mol. The molecule has 1 saturated heterocycles. The minimum absolute atomic E-state index is 0.648. The molecule has 0 aromatic heterocycles. The Kier molecular flexibility index (Phi) is 3.87. The fraction of sp³-hybridized carbons (Fsp3) is 1.00. The highest BCUT2D eigenvalue weighted by molar-refractivity contribution is 4.73. The van der Waals surface area contributed by atoms with E-state index in [0.717, 1.165) is 25.7 Å². The van der Waals surface area contributed by atoms with Crippen LogP contribution in [0.4, 0.5) is 0 Å². The van der Waals surface area contributed by atoms with E-state index in [-0.39, 0.29) is 0 Å². The van der Waals surface area contributed by atoms with E-state index in [2.05, 4.69) is 19.2 Å². The monoisotopic (exact) mass is 157 g/mol. The van der Waals surface area contributed by atoms with Gasteiger partial charge < -0.3 is 10.1 Å². The van der Waals surface area contributed by atoms with E-state index >= 15 is 0 Å². The van der Waals surface area contributed by atoms with Gasteiger partial charge in [-0.25, -0.2) is 0 Å². The van der Waals surface area contributed by atoms with Gasteiger partial charge in [0.05, 0.1) is 19.3 Å². The normalized spacial score (nSPS) is 21.3. The molecule has 0 aromatic rings. The zero-order valence-corrected chi connectivity index (χ0v) is 7.60. The van der Waals surface area contributed by atoms with E-state index in [9.17, 15) is 0 Å². The van der Waals surface area contributed by atoms with Gasteiger partial charge in [0, 0.05) is 0 Å². The lowest BCUT2D eigenvalue weighted by Gasteiger charge is -2.28. The summed E-state index contributed by atoms with van der Waals surface area (Å²) in [5, 5.41) is 3.48. The van der Waals surface area contributed by atoms with Crippen molar-refractivity contribution in [1.29, 1.82) is 0 Å². The fourth-order valence-electron chi connectivity index (χ4n) is 1.32. The highest BCUT2D eigenvalue weighted by atomic mass is 16.5. The number of rotatable bonds is 5. The van der Waals surface area contributed by atoms with Crippen molar-refractivity contribution in [3.63, 3.8) is 0 Å². The van der Waals surface area contributed by atoms with E-state index in [4.69, 9.17) is 4.74 Å². The molecule has 1 unspecified atom stereocenters. The van der Waals surface area contributed by atoms with E-state index < -0.39 is 0 Å². The Morgan fingerprint density at radius 1 is 1.55 bits per heavy atom. The summed E-state index contributed by atoms with van der Waals surface area (Å²) in [5.41, 5.74) is 0. The van der Waals surface area contributed by atoms with Gasteiger partial charge >= 0.3 is 0 Å². The summed E-state index contributed by atoms with van der Waals surface area (Å²) >= 11 is 0. The van der Waals surface area contributed by atoms with Gasteiger partial charge in [-0.1, -0.05) is 20.3 Å². The summed E-state index contributed by atoms with van der Waals surface area (Å²) in [4.78, 5) is 0. The first-order valence-corrected chi connectivity index (χ1v) is 4.64. The lowest BCUT2D eigenvalue weighted by molar-refractivity contribution is -0.00632. The van der Waals surface area contributed by atoms with Gasteiger partial charge in [-0.3, -0.25) is 0 Å². The summed E-state index contributed by atoms with van der Waals surface area (Å²) in [5.74, 6) is 0.820. The number of hydrogen-bond acceptors (Lipinski definition) is 2. The average molecular weight is 157 g/mol. The van der Waals surface area contributed by atoms with Gasteiger partial charge in [0.25, 0.3) is 0 Å². The van der Waals surface area contributed by atoms with Gasteiger partial charge in [0.1, 0.15) is 0 Å². The molecule has 2 nitrogen and oxygen atoms in total. The van der Waals surface area contributed by atoms with Crippen LogP contribution in [-0.4, -0.2) is 25.8 Å². The number of hydrogen-bond donors (Lipinski definition) is 1. The standard InChI is InChI=1S/C9H19NO/c1-3-4-8(2)5-10-9-6-11-7-9/h8-10H,3-7H2,1-2H3. The van der Waals surface area contributed by atoms with Crippen LogP contribution in [-0.2, 0) is 4.74 Å². The second-order valence-electron chi connectivity index (χ2n) is 3.54. The van der Waals surface area contributed by atoms with Crippen molar-refractivity contribution in [2.24, 2.45) is 5.92 Å². The van der Waals surface area contributed by atoms with Crippen LogP contribution >= 0.6 is 0 Å². The second-order valence-corrected chi connectivity index (χ2v) is 3.54. The molecule has 0 amide bonds. The Hall–Kier alpha value is -0.0800. The minimum Gasteiger partial charge on any atom is -0.378 e. The van der Waals surface area contributed by atoms with Crippen LogP contribution in [0.5, 0.6) is 0 Å². The molecule has 1 aliphatic rings. The van der Waals surface area contributed by atoms with Crippen molar-refractivity contribution in [2.75, 3.05) is 19.8 Å². The summed E-state index contributed by atoms with van der Waals surface area (Å²) in [6.45, 7) is 7.53. The zero-order valence-electron chi connectivity index (χ0n) is 7.60. The van der Waals surface area contributed by atoms with Crippen LogP contribution in [0.1, 0.15) is 26.7 Å². The highest BCUT2D eigenvalue weighted by Gasteiger charge is 2.17. The third-order valence-electron chi connectivity index (χ3n) is 2.17. The maximum Gasteiger partial charge on any atom is 0.0643 e. The van der Waals surface area contributed by atoms with Crippen molar-refractivity contribution in [3.8, 4) is 0 Å². The van der Waals surface area contributed by atoms with Gasteiger partial charge in [-0.05, 0) is 18.9 Å². The molecule has 1 heterocycles. The lowest BCUT2D eigenvalue weighted by Crippen LogP contribution is -2.47. The van der Waals surface area contributed by atoms with Crippen LogP contribution in [0.2, 0.25) is 0 Å². The maximum atomic E-state index is 5.06. The Labute approximate surface area is 69.3 Å². The maximum absolute atomic E-state index is 5.06. The first-order valence-electron chi connectivity index (χ1n) is 4.64. The predicted octanol–water partition coefficient (Wildman–Crippen LogP) is 1.41. The molecule has 1 aliphatic heterocycles. The summed E-state index contributed by atoms with van der Waals surface area (Å²) in [6.07, 6.45) is 2.63. The van der Waals surface area contributed by atoms with Crippen LogP contribution in [0.25, 0.3) is 0 Å². The highest BCUT2D eigenvalue weighted by Crippen LogP contribution is 2.05. The van der Waals surface area contributed by atoms with Crippen molar-refractivity contribution >= 4 is 0 Å². The van der Waals surface area contributed by atoms with Crippen LogP contribution in [0.3, 0.4) is 0 Å². The quantitative estimate of drug-likeness (QED) is 0.651. The Morgan fingerprint density at radius 2 is 2.27 bits per heavy atom. The third-order valence-corrected chi connectivity index (χ3v) is 2.17. The Bertz CT molecular complexity index is 102. The van der Waals surface area contributed by atoms with E-state index in [0.29, 0.717) is 6.04 Å². The van der Waals surface area contributed by atoms with Crippen molar-refractivity contribution in [2.45, 2.75) is 32.7 Å². The molecule has 1 rings (SSSR count). The molecule has 0 saturated carbocycles. The molecular weight excluding hydrogens is 138 g/mol. The van der Waals surface area contributed by atoms with Gasteiger partial charge in [0.2, 0.25) is 0 Å². The van der Waals surface area contributed by atoms with Gasteiger partial charge in [0.15, 0.2) is 0 Å².